The highest BCUT2D eigenvalue weighted by molar-refractivity contribution is 7.15. The molecule has 0 aliphatic rings. The number of rotatable bonds is 1. The highest BCUT2D eigenvalue weighted by atomic mass is 32.1. The Balaban J connectivity index is 2.22. The topological polar surface area (TPSA) is 56.2 Å². The Morgan fingerprint density at radius 2 is 2.19 bits per heavy atom. The van der Waals surface area contributed by atoms with Crippen LogP contribution >= 0.6 is 11.3 Å². The number of aromatic nitrogens is 3. The molecule has 0 aliphatic carbocycles. The van der Waals surface area contributed by atoms with Crippen LogP contribution in [-0.2, 0) is 0 Å². The Labute approximate surface area is 96.4 Å². The molecular weight excluding hydrogens is 220 g/mol. The van der Waals surface area contributed by atoms with Gasteiger partial charge in [0.05, 0.1) is 4.88 Å². The molecule has 16 heavy (non-hydrogen) atoms. The smallest absolute Gasteiger partial charge is 0.157 e. The van der Waals surface area contributed by atoms with Crippen molar-refractivity contribution >= 4 is 22.8 Å². The molecule has 0 spiro atoms. The molecule has 0 amide bonds. The zero-order valence-corrected chi connectivity index (χ0v) is 9.53. The number of anilines is 1. The molecule has 0 aromatic carbocycles. The monoisotopic (exact) mass is 230 g/mol. The molecule has 0 saturated heterocycles. The maximum absolute atomic E-state index is 5.82. The van der Waals surface area contributed by atoms with E-state index in [1.807, 2.05) is 6.07 Å². The van der Waals surface area contributed by atoms with E-state index in [-0.39, 0.29) is 0 Å². The van der Waals surface area contributed by atoms with Crippen LogP contribution < -0.4 is 5.73 Å². The lowest BCUT2D eigenvalue weighted by molar-refractivity contribution is 0.957. The van der Waals surface area contributed by atoms with Crippen molar-refractivity contribution in [1.29, 1.82) is 0 Å². The van der Waals surface area contributed by atoms with Crippen LogP contribution in [0.1, 0.15) is 4.88 Å². The van der Waals surface area contributed by atoms with E-state index in [1.54, 1.807) is 28.1 Å². The molecule has 0 fully saturated rings. The summed E-state index contributed by atoms with van der Waals surface area (Å²) in [6.07, 6.45) is 1.69. The Hall–Kier alpha value is -1.88. The molecule has 5 heteroatoms. The van der Waals surface area contributed by atoms with Gasteiger partial charge in [-0.2, -0.15) is 9.61 Å². The summed E-state index contributed by atoms with van der Waals surface area (Å²) >= 11 is 1.72. The van der Waals surface area contributed by atoms with E-state index in [2.05, 4.69) is 29.1 Å². The first-order valence-electron chi connectivity index (χ1n) is 4.91. The number of nitrogens with two attached hydrogens (primary N) is 1. The van der Waals surface area contributed by atoms with Gasteiger partial charge in [0, 0.05) is 17.1 Å². The van der Waals surface area contributed by atoms with Crippen LogP contribution in [-0.4, -0.2) is 14.6 Å². The first-order valence-corrected chi connectivity index (χ1v) is 5.73. The molecule has 3 heterocycles. The van der Waals surface area contributed by atoms with Crippen molar-refractivity contribution < 1.29 is 0 Å². The lowest BCUT2D eigenvalue weighted by atomic mass is 10.3. The third-order valence-corrected chi connectivity index (χ3v) is 3.40. The van der Waals surface area contributed by atoms with E-state index in [0.717, 1.165) is 16.2 Å². The number of nitrogens with zero attached hydrogens (tertiary/aromatic N) is 3. The summed E-state index contributed by atoms with van der Waals surface area (Å²) < 4.78 is 1.66. The van der Waals surface area contributed by atoms with E-state index in [1.165, 1.54) is 4.88 Å². The number of hydrogen-bond donors (Lipinski definition) is 1. The van der Waals surface area contributed by atoms with Crippen LogP contribution in [0.2, 0.25) is 0 Å². The summed E-state index contributed by atoms with van der Waals surface area (Å²) in [5, 5.41) is 4.44. The van der Waals surface area contributed by atoms with E-state index in [9.17, 15) is 0 Å². The van der Waals surface area contributed by atoms with E-state index >= 15 is 0 Å². The summed E-state index contributed by atoms with van der Waals surface area (Å²) in [6.45, 7) is 2.08. The molecule has 3 aromatic heterocycles. The molecular formula is C11H10N4S. The molecule has 0 bridgehead atoms. The van der Waals surface area contributed by atoms with E-state index in [0.29, 0.717) is 5.82 Å². The number of thiophene rings is 1. The van der Waals surface area contributed by atoms with Gasteiger partial charge >= 0.3 is 0 Å². The van der Waals surface area contributed by atoms with Crippen LogP contribution in [0.15, 0.2) is 30.5 Å². The van der Waals surface area contributed by atoms with E-state index in [4.69, 9.17) is 5.73 Å². The fraction of sp³-hybridized carbons (Fsp3) is 0.0909. The molecule has 0 aliphatic heterocycles. The van der Waals surface area contributed by atoms with Crippen LogP contribution in [0.3, 0.4) is 0 Å². The van der Waals surface area contributed by atoms with Gasteiger partial charge in [-0.25, -0.2) is 4.98 Å². The average Bonchev–Trinajstić information content (AvgIpc) is 2.84. The second-order valence-corrected chi connectivity index (χ2v) is 4.87. The maximum atomic E-state index is 5.82. The zero-order valence-electron chi connectivity index (χ0n) is 8.71. The fourth-order valence-corrected chi connectivity index (χ4v) is 2.43. The van der Waals surface area contributed by atoms with Crippen LogP contribution in [0, 0.1) is 6.92 Å². The van der Waals surface area contributed by atoms with Gasteiger partial charge in [-0.05, 0) is 25.1 Å². The number of hydrogen-bond acceptors (Lipinski definition) is 4. The Morgan fingerprint density at radius 3 is 2.88 bits per heavy atom. The SMILES string of the molecule is Cc1ccc(-c2cc3nccc(N)n3n2)s1. The Bertz CT molecular complexity index is 653. The lowest BCUT2D eigenvalue weighted by Crippen LogP contribution is -1.98. The van der Waals surface area contributed by atoms with Gasteiger partial charge in [-0.15, -0.1) is 11.3 Å². The van der Waals surface area contributed by atoms with Crippen LogP contribution in [0.4, 0.5) is 5.82 Å². The van der Waals surface area contributed by atoms with Crippen molar-refractivity contribution in [1.82, 2.24) is 14.6 Å². The average molecular weight is 230 g/mol. The highest BCUT2D eigenvalue weighted by Crippen LogP contribution is 2.27. The number of nitrogen functional groups attached to an aromatic ring is 1. The summed E-state index contributed by atoms with van der Waals surface area (Å²) in [7, 11) is 0. The quantitative estimate of drug-likeness (QED) is 0.698. The highest BCUT2D eigenvalue weighted by Gasteiger charge is 2.08. The third-order valence-electron chi connectivity index (χ3n) is 2.38. The van der Waals surface area contributed by atoms with Gasteiger partial charge < -0.3 is 5.73 Å². The first kappa shape index (κ1) is 9.35. The minimum Gasteiger partial charge on any atom is -0.384 e. The second-order valence-electron chi connectivity index (χ2n) is 3.58. The van der Waals surface area contributed by atoms with Crippen molar-refractivity contribution in [3.8, 4) is 10.6 Å². The van der Waals surface area contributed by atoms with Gasteiger partial charge in [-0.1, -0.05) is 0 Å². The predicted octanol–water partition coefficient (Wildman–Crippen LogP) is 2.35. The van der Waals surface area contributed by atoms with Gasteiger partial charge in [0.15, 0.2) is 5.65 Å². The van der Waals surface area contributed by atoms with Gasteiger partial charge in [0.2, 0.25) is 0 Å². The molecule has 80 valence electrons. The Kier molecular flexibility index (Phi) is 1.94. The van der Waals surface area contributed by atoms with Crippen molar-refractivity contribution in [2.45, 2.75) is 6.92 Å². The van der Waals surface area contributed by atoms with Crippen molar-refractivity contribution in [2.75, 3.05) is 5.73 Å². The number of aryl methyl sites for hydroxylation is 1. The van der Waals surface area contributed by atoms with Crippen molar-refractivity contribution in [3.05, 3.63) is 35.3 Å². The second kappa shape index (κ2) is 3.31. The van der Waals surface area contributed by atoms with Crippen molar-refractivity contribution in [3.63, 3.8) is 0 Å². The van der Waals surface area contributed by atoms with Gasteiger partial charge in [0.1, 0.15) is 11.5 Å². The van der Waals surface area contributed by atoms with Gasteiger partial charge in [-0.3, -0.25) is 0 Å². The van der Waals surface area contributed by atoms with Gasteiger partial charge in [0.25, 0.3) is 0 Å². The minimum absolute atomic E-state index is 0.601. The number of fused-ring (bicyclic) bond motifs is 1. The van der Waals surface area contributed by atoms with Crippen molar-refractivity contribution in [2.24, 2.45) is 0 Å². The van der Waals surface area contributed by atoms with E-state index < -0.39 is 0 Å². The Morgan fingerprint density at radius 1 is 1.31 bits per heavy atom. The summed E-state index contributed by atoms with van der Waals surface area (Å²) in [5.74, 6) is 0.601. The molecule has 2 N–H and O–H groups in total. The predicted molar refractivity (Wildman–Crippen MR) is 65.4 cm³/mol. The molecule has 0 radical (unpaired) electrons. The first-order chi connectivity index (χ1) is 7.74. The molecule has 3 rings (SSSR count). The van der Waals surface area contributed by atoms with Crippen LogP contribution in [0.25, 0.3) is 16.2 Å². The summed E-state index contributed by atoms with van der Waals surface area (Å²) in [6, 6.07) is 7.84. The molecule has 0 unspecified atom stereocenters. The molecule has 0 saturated carbocycles. The minimum atomic E-state index is 0.601. The zero-order chi connectivity index (χ0) is 11.1. The summed E-state index contributed by atoms with van der Waals surface area (Å²) in [4.78, 5) is 6.63. The lowest BCUT2D eigenvalue weighted by Gasteiger charge is -1.94. The summed E-state index contributed by atoms with van der Waals surface area (Å²) in [5.41, 5.74) is 7.52. The molecule has 4 nitrogen and oxygen atoms in total. The third kappa shape index (κ3) is 1.37. The van der Waals surface area contributed by atoms with Crippen LogP contribution in [0.5, 0.6) is 0 Å². The largest absolute Gasteiger partial charge is 0.384 e. The standard InChI is InChI=1S/C11H10N4S/c1-7-2-3-9(16-7)8-6-11-13-5-4-10(12)15(11)14-8/h2-6H,12H2,1H3. The maximum Gasteiger partial charge on any atom is 0.157 e. The normalized spacial score (nSPS) is 11.1. The fourth-order valence-electron chi connectivity index (χ4n) is 1.61. The molecule has 0 atom stereocenters. The molecule has 3 aromatic rings.